The number of ether oxygens (including phenoxy) is 6. The second-order valence-electron chi connectivity index (χ2n) is 8.99. The Morgan fingerprint density at radius 1 is 0.650 bits per heavy atom. The summed E-state index contributed by atoms with van der Waals surface area (Å²) in [6, 6.07) is 0. The van der Waals surface area contributed by atoms with Crippen molar-refractivity contribution < 1.29 is 77.9 Å². The van der Waals surface area contributed by atoms with Gasteiger partial charge in [-0.1, -0.05) is 6.92 Å². The Morgan fingerprint density at radius 2 is 1.15 bits per heavy atom. The standard InChI is InChI=1S/C14H22O7.C6H12O6.C4H6O3/c1-7-8(2)19-12(6-18-9(3)15)14(21-11(5)17)13(7)20-10(4)16;7-1-2-3(8)4(9)5(10)6(11)12-2;1-3(5)7-4(2)6/h7-8,12-14H,6H2,1-5H3;2-11H,1H2;1-2H3. The van der Waals surface area contributed by atoms with Gasteiger partial charge in [-0.3, -0.25) is 24.0 Å². The molecule has 16 nitrogen and oxygen atoms in total. The van der Waals surface area contributed by atoms with Crippen LogP contribution >= 0.6 is 0 Å². The van der Waals surface area contributed by atoms with Crippen molar-refractivity contribution in [3.8, 4) is 0 Å². The number of carbonyl (C=O) groups excluding carboxylic acids is 5. The Labute approximate surface area is 231 Å². The van der Waals surface area contributed by atoms with Crippen LogP contribution in [0.3, 0.4) is 0 Å². The van der Waals surface area contributed by atoms with Gasteiger partial charge in [-0.2, -0.15) is 0 Å². The van der Waals surface area contributed by atoms with Crippen LogP contribution in [0.4, 0.5) is 0 Å². The lowest BCUT2D eigenvalue weighted by atomic mass is 9.88. The number of aliphatic hydroxyl groups excluding tert-OH is 5. The summed E-state index contributed by atoms with van der Waals surface area (Å²) in [6.45, 7) is 9.27. The van der Waals surface area contributed by atoms with Crippen molar-refractivity contribution in [2.24, 2.45) is 5.92 Å². The van der Waals surface area contributed by atoms with Gasteiger partial charge in [-0.15, -0.1) is 0 Å². The average Bonchev–Trinajstić information content (AvgIpc) is 2.83. The molecule has 16 heteroatoms. The van der Waals surface area contributed by atoms with E-state index in [0.29, 0.717) is 0 Å². The van der Waals surface area contributed by atoms with E-state index >= 15 is 0 Å². The normalized spacial score (nSPS) is 33.0. The first-order chi connectivity index (χ1) is 18.4. The summed E-state index contributed by atoms with van der Waals surface area (Å²) >= 11 is 0. The molecule has 232 valence electrons. The summed E-state index contributed by atoms with van der Waals surface area (Å²) in [5.74, 6) is -2.73. The van der Waals surface area contributed by atoms with Gasteiger partial charge in [-0.25, -0.2) is 0 Å². The highest BCUT2D eigenvalue weighted by molar-refractivity contribution is 5.82. The second kappa shape index (κ2) is 17.9. The molecule has 0 aliphatic carbocycles. The van der Waals surface area contributed by atoms with Crippen molar-refractivity contribution in [2.45, 2.75) is 104 Å². The monoisotopic (exact) mass is 584 g/mol. The third kappa shape index (κ3) is 13.1. The Hall–Kier alpha value is -2.73. The Bertz CT molecular complexity index is 830. The van der Waals surface area contributed by atoms with Crippen LogP contribution in [0.1, 0.15) is 48.5 Å². The SMILES string of the molecule is CC(=O)OC(C)=O.CC(=O)OCC1OC(C)C(C)C(OC(C)=O)C1OC(C)=O.OCC1OC(O)C(O)C(O)C1O. The van der Waals surface area contributed by atoms with Crippen molar-refractivity contribution in [1.82, 2.24) is 0 Å². The molecule has 5 N–H and O–H groups in total. The second-order valence-corrected chi connectivity index (χ2v) is 8.99. The minimum absolute atomic E-state index is 0.0674. The van der Waals surface area contributed by atoms with Gasteiger partial charge in [0.25, 0.3) is 0 Å². The van der Waals surface area contributed by atoms with Gasteiger partial charge in [0.1, 0.15) is 43.2 Å². The number of aliphatic hydroxyl groups is 5. The minimum Gasteiger partial charge on any atom is -0.463 e. The molecule has 40 heavy (non-hydrogen) atoms. The number of hydrogen-bond acceptors (Lipinski definition) is 16. The first kappa shape index (κ1) is 37.3. The van der Waals surface area contributed by atoms with Gasteiger partial charge >= 0.3 is 29.8 Å². The molecule has 0 bridgehead atoms. The molecule has 0 aromatic heterocycles. The van der Waals surface area contributed by atoms with Crippen LogP contribution in [-0.2, 0) is 52.4 Å². The number of hydrogen-bond donors (Lipinski definition) is 5. The van der Waals surface area contributed by atoms with E-state index in [0.717, 1.165) is 0 Å². The quantitative estimate of drug-likeness (QED) is 0.130. The molecule has 2 fully saturated rings. The number of carbonyl (C=O) groups is 5. The topological polar surface area (TPSA) is 242 Å². The van der Waals surface area contributed by atoms with E-state index in [4.69, 9.17) is 44.5 Å². The number of esters is 5. The Balaban J connectivity index is 0.000000669. The molecule has 0 radical (unpaired) electrons. The van der Waals surface area contributed by atoms with Gasteiger partial charge in [0.15, 0.2) is 12.4 Å². The molecule has 0 amide bonds. The fraction of sp³-hybridized carbons (Fsp3) is 0.792. The van der Waals surface area contributed by atoms with E-state index in [-0.39, 0.29) is 18.6 Å². The van der Waals surface area contributed by atoms with E-state index in [9.17, 15) is 24.0 Å². The van der Waals surface area contributed by atoms with E-state index in [1.54, 1.807) is 0 Å². The fourth-order valence-corrected chi connectivity index (χ4v) is 3.57. The highest BCUT2D eigenvalue weighted by Crippen LogP contribution is 2.30. The van der Waals surface area contributed by atoms with Crippen molar-refractivity contribution in [2.75, 3.05) is 13.2 Å². The molecule has 0 aromatic rings. The highest BCUT2D eigenvalue weighted by atomic mass is 16.6. The van der Waals surface area contributed by atoms with Gasteiger partial charge in [-0.05, 0) is 6.92 Å². The summed E-state index contributed by atoms with van der Waals surface area (Å²) in [4.78, 5) is 53.1. The molecular formula is C24H40O16. The number of rotatable bonds is 5. The molecule has 2 heterocycles. The molecule has 2 saturated heterocycles. The molecule has 0 aromatic carbocycles. The van der Waals surface area contributed by atoms with Crippen LogP contribution in [0.15, 0.2) is 0 Å². The summed E-state index contributed by atoms with van der Waals surface area (Å²) in [7, 11) is 0. The molecule has 0 spiro atoms. The fourth-order valence-electron chi connectivity index (χ4n) is 3.57. The predicted molar refractivity (Wildman–Crippen MR) is 130 cm³/mol. The van der Waals surface area contributed by atoms with E-state index < -0.39 is 85.5 Å². The smallest absolute Gasteiger partial charge is 0.310 e. The lowest BCUT2D eigenvalue weighted by molar-refractivity contribution is -0.286. The average molecular weight is 585 g/mol. The zero-order valence-corrected chi connectivity index (χ0v) is 23.4. The molecule has 2 rings (SSSR count). The minimum atomic E-state index is -1.57. The first-order valence-corrected chi connectivity index (χ1v) is 12.2. The van der Waals surface area contributed by atoms with Crippen LogP contribution in [0.2, 0.25) is 0 Å². The Kier molecular flexibility index (Phi) is 16.6. The van der Waals surface area contributed by atoms with E-state index in [1.165, 1.54) is 34.6 Å². The molecule has 0 saturated carbocycles. The zero-order valence-electron chi connectivity index (χ0n) is 23.4. The van der Waals surface area contributed by atoms with Crippen molar-refractivity contribution >= 4 is 29.8 Å². The Morgan fingerprint density at radius 3 is 1.55 bits per heavy atom. The molecule has 10 atom stereocenters. The van der Waals surface area contributed by atoms with Crippen LogP contribution in [0.5, 0.6) is 0 Å². The third-order valence-corrected chi connectivity index (χ3v) is 5.55. The summed E-state index contributed by atoms with van der Waals surface area (Å²) in [5.41, 5.74) is 0. The maximum absolute atomic E-state index is 11.3. The van der Waals surface area contributed by atoms with Gasteiger partial charge in [0, 0.05) is 40.5 Å². The summed E-state index contributed by atoms with van der Waals surface area (Å²) < 4.78 is 29.7. The van der Waals surface area contributed by atoms with Crippen molar-refractivity contribution in [3.05, 3.63) is 0 Å². The van der Waals surface area contributed by atoms with E-state index in [1.807, 2.05) is 13.8 Å². The van der Waals surface area contributed by atoms with Gasteiger partial charge < -0.3 is 54.0 Å². The van der Waals surface area contributed by atoms with Crippen LogP contribution in [0, 0.1) is 5.92 Å². The third-order valence-electron chi connectivity index (χ3n) is 5.55. The van der Waals surface area contributed by atoms with Crippen LogP contribution in [0.25, 0.3) is 0 Å². The molecule has 10 unspecified atom stereocenters. The lowest BCUT2D eigenvalue weighted by Crippen LogP contribution is -2.58. The first-order valence-electron chi connectivity index (χ1n) is 12.2. The largest absolute Gasteiger partial charge is 0.463 e. The summed E-state index contributed by atoms with van der Waals surface area (Å²) in [6.07, 6.45) is -9.40. The van der Waals surface area contributed by atoms with Gasteiger partial charge in [0.05, 0.1) is 12.7 Å². The van der Waals surface area contributed by atoms with Crippen LogP contribution < -0.4 is 0 Å². The van der Waals surface area contributed by atoms with Crippen molar-refractivity contribution in [3.63, 3.8) is 0 Å². The molecular weight excluding hydrogens is 544 g/mol. The van der Waals surface area contributed by atoms with E-state index in [2.05, 4.69) is 9.47 Å². The zero-order chi connectivity index (χ0) is 31.3. The van der Waals surface area contributed by atoms with Crippen molar-refractivity contribution in [1.29, 1.82) is 0 Å². The summed E-state index contributed by atoms with van der Waals surface area (Å²) in [5, 5.41) is 44.7. The molecule has 2 aliphatic rings. The van der Waals surface area contributed by atoms with Crippen LogP contribution in [-0.4, -0.2) is 124 Å². The lowest BCUT2D eigenvalue weighted by Gasteiger charge is -2.43. The maximum atomic E-state index is 11.3. The maximum Gasteiger partial charge on any atom is 0.310 e. The highest BCUT2D eigenvalue weighted by Gasteiger charge is 2.47. The molecule has 2 aliphatic heterocycles. The van der Waals surface area contributed by atoms with Gasteiger partial charge in [0.2, 0.25) is 0 Å². The predicted octanol–water partition coefficient (Wildman–Crippen LogP) is -2.29.